The van der Waals surface area contributed by atoms with Crippen LogP contribution in [-0.2, 0) is 10.9 Å². The molecule has 1 heteroatoms. The summed E-state index contributed by atoms with van der Waals surface area (Å²) in [7, 11) is 0.684. The maximum absolute atomic E-state index is 2.28. The third-order valence-electron chi connectivity index (χ3n) is 0.612. The summed E-state index contributed by atoms with van der Waals surface area (Å²) >= 11 is 0. The molecule has 0 bridgehead atoms. The second-order valence-electron chi connectivity index (χ2n) is 1.69. The summed E-state index contributed by atoms with van der Waals surface area (Å²) in [4.78, 5) is 0. The van der Waals surface area contributed by atoms with Gasteiger partial charge in [0.2, 0.25) is 0 Å². The van der Waals surface area contributed by atoms with Crippen LogP contribution in [-0.4, -0.2) is 18.3 Å². The Hall–Kier alpha value is 0.350. The molecule has 0 aliphatic heterocycles. The largest absolute Gasteiger partial charge is 0.107 e. The minimum Gasteiger partial charge on any atom is -0.0609 e. The van der Waals surface area contributed by atoms with E-state index in [1.807, 2.05) is 0 Å². The Kier molecular flexibility index (Phi) is 3.74. The molecule has 0 unspecified atom stereocenters. The normalized spacial score (nSPS) is 10.0. The van der Waals surface area contributed by atoms with Gasteiger partial charge in [-0.25, -0.2) is 0 Å². The fourth-order valence-corrected chi connectivity index (χ4v) is 1.22. The van der Waals surface area contributed by atoms with Crippen molar-refractivity contribution in [3.63, 3.8) is 0 Å². The molecule has 0 heterocycles. The molecular formula is C5H13S+. The summed E-state index contributed by atoms with van der Waals surface area (Å²) in [5, 5.41) is 0. The van der Waals surface area contributed by atoms with Gasteiger partial charge < -0.3 is 0 Å². The van der Waals surface area contributed by atoms with Crippen molar-refractivity contribution in [3.8, 4) is 0 Å². The quantitative estimate of drug-likeness (QED) is 0.464. The van der Waals surface area contributed by atoms with Gasteiger partial charge in [-0.3, -0.25) is 0 Å². The lowest BCUT2D eigenvalue weighted by Gasteiger charge is -1.87. The van der Waals surface area contributed by atoms with Crippen LogP contribution in [0.2, 0.25) is 0 Å². The standard InChI is InChI=1S/C5H13S/c1-4-5-6(2)3/h4-5H2,1-3H3/q+1. The van der Waals surface area contributed by atoms with Crippen LogP contribution in [0.25, 0.3) is 0 Å². The molecule has 0 saturated carbocycles. The second-order valence-corrected chi connectivity index (χ2v) is 4.07. The molecule has 0 spiro atoms. The van der Waals surface area contributed by atoms with Crippen molar-refractivity contribution in [2.45, 2.75) is 13.3 Å². The first-order valence-corrected chi connectivity index (χ1v) is 4.52. The monoisotopic (exact) mass is 105 g/mol. The minimum atomic E-state index is 0.684. The van der Waals surface area contributed by atoms with Crippen molar-refractivity contribution >= 4 is 10.9 Å². The zero-order chi connectivity index (χ0) is 4.99. The van der Waals surface area contributed by atoms with E-state index in [4.69, 9.17) is 0 Å². The van der Waals surface area contributed by atoms with E-state index in [0.717, 1.165) is 0 Å². The Balaban J connectivity index is 2.63. The maximum atomic E-state index is 2.28. The molecule has 0 aliphatic carbocycles. The molecule has 0 rings (SSSR count). The van der Waals surface area contributed by atoms with Crippen LogP contribution >= 0.6 is 0 Å². The van der Waals surface area contributed by atoms with Crippen LogP contribution in [0.4, 0.5) is 0 Å². The molecule has 0 saturated heterocycles. The molecular weight excluding hydrogens is 92.1 g/mol. The lowest BCUT2D eigenvalue weighted by Crippen LogP contribution is -1.98. The second kappa shape index (κ2) is 3.54. The van der Waals surface area contributed by atoms with Gasteiger partial charge in [-0.1, -0.05) is 6.92 Å². The fourth-order valence-electron chi connectivity index (χ4n) is 0.408. The molecule has 0 nitrogen and oxygen atoms in total. The average molecular weight is 105 g/mol. The van der Waals surface area contributed by atoms with Crippen LogP contribution in [0.3, 0.4) is 0 Å². The summed E-state index contributed by atoms with van der Waals surface area (Å²) in [5.41, 5.74) is 0. The Morgan fingerprint density at radius 2 is 1.83 bits per heavy atom. The van der Waals surface area contributed by atoms with Crippen molar-refractivity contribution in [2.24, 2.45) is 0 Å². The van der Waals surface area contributed by atoms with Crippen molar-refractivity contribution in [3.05, 3.63) is 0 Å². The summed E-state index contributed by atoms with van der Waals surface area (Å²) in [6.07, 6.45) is 5.91. The van der Waals surface area contributed by atoms with Crippen molar-refractivity contribution in [1.29, 1.82) is 0 Å². The van der Waals surface area contributed by atoms with E-state index < -0.39 is 0 Å². The van der Waals surface area contributed by atoms with Gasteiger partial charge in [-0.15, -0.1) is 0 Å². The third-order valence-corrected chi connectivity index (χ3v) is 1.84. The zero-order valence-corrected chi connectivity index (χ0v) is 5.64. The van der Waals surface area contributed by atoms with E-state index in [1.54, 1.807) is 0 Å². The highest BCUT2D eigenvalue weighted by Crippen LogP contribution is 1.85. The van der Waals surface area contributed by atoms with Gasteiger partial charge in [-0.05, 0) is 17.3 Å². The van der Waals surface area contributed by atoms with Gasteiger partial charge in [0.25, 0.3) is 0 Å². The summed E-state index contributed by atoms with van der Waals surface area (Å²) in [6, 6.07) is 0. The Morgan fingerprint density at radius 1 is 1.33 bits per heavy atom. The summed E-state index contributed by atoms with van der Waals surface area (Å²) < 4.78 is 0. The van der Waals surface area contributed by atoms with E-state index in [9.17, 15) is 0 Å². The molecule has 6 heavy (non-hydrogen) atoms. The first-order chi connectivity index (χ1) is 2.77. The van der Waals surface area contributed by atoms with Gasteiger partial charge >= 0.3 is 0 Å². The predicted octanol–water partition coefficient (Wildman–Crippen LogP) is 1.27. The highest BCUT2D eigenvalue weighted by Gasteiger charge is 1.94. The molecule has 0 fully saturated rings. The van der Waals surface area contributed by atoms with E-state index in [2.05, 4.69) is 19.4 Å². The molecule has 0 radical (unpaired) electrons. The SMILES string of the molecule is CCC[S+](C)C. The molecule has 0 aromatic rings. The number of hydrogen-bond donors (Lipinski definition) is 0. The molecule has 0 amide bonds. The lowest BCUT2D eigenvalue weighted by atomic mass is 10.6. The predicted molar refractivity (Wildman–Crippen MR) is 34.4 cm³/mol. The molecule has 0 aromatic heterocycles. The topological polar surface area (TPSA) is 0 Å². The van der Waals surface area contributed by atoms with Crippen LogP contribution in [0.1, 0.15) is 13.3 Å². The van der Waals surface area contributed by atoms with Crippen LogP contribution < -0.4 is 0 Å². The zero-order valence-electron chi connectivity index (χ0n) is 4.82. The van der Waals surface area contributed by atoms with Crippen molar-refractivity contribution in [1.82, 2.24) is 0 Å². The lowest BCUT2D eigenvalue weighted by molar-refractivity contribution is 1.10. The third kappa shape index (κ3) is 4.35. The van der Waals surface area contributed by atoms with Crippen molar-refractivity contribution < 1.29 is 0 Å². The van der Waals surface area contributed by atoms with Gasteiger partial charge in [0.05, 0.1) is 12.5 Å². The van der Waals surface area contributed by atoms with Crippen molar-refractivity contribution in [2.75, 3.05) is 18.3 Å². The Labute approximate surface area is 43.3 Å². The highest BCUT2D eigenvalue weighted by atomic mass is 32.2. The van der Waals surface area contributed by atoms with E-state index in [1.165, 1.54) is 12.2 Å². The number of hydrogen-bond acceptors (Lipinski definition) is 0. The molecule has 0 atom stereocenters. The maximum Gasteiger partial charge on any atom is 0.107 e. The van der Waals surface area contributed by atoms with Gasteiger partial charge in [0.1, 0.15) is 5.75 Å². The van der Waals surface area contributed by atoms with Crippen LogP contribution in [0.5, 0.6) is 0 Å². The molecule has 0 aromatic carbocycles. The van der Waals surface area contributed by atoms with E-state index in [0.29, 0.717) is 10.9 Å². The van der Waals surface area contributed by atoms with Gasteiger partial charge in [0.15, 0.2) is 0 Å². The highest BCUT2D eigenvalue weighted by molar-refractivity contribution is 7.95. The molecule has 0 N–H and O–H groups in total. The van der Waals surface area contributed by atoms with E-state index >= 15 is 0 Å². The first kappa shape index (κ1) is 6.35. The fraction of sp³-hybridized carbons (Fsp3) is 1.00. The minimum absolute atomic E-state index is 0.684. The average Bonchev–Trinajstić information content (AvgIpc) is 1.35. The van der Waals surface area contributed by atoms with Crippen LogP contribution in [0.15, 0.2) is 0 Å². The van der Waals surface area contributed by atoms with Crippen LogP contribution in [0, 0.1) is 0 Å². The Morgan fingerprint density at radius 3 is 1.83 bits per heavy atom. The van der Waals surface area contributed by atoms with Gasteiger partial charge in [-0.2, -0.15) is 0 Å². The molecule has 0 aliphatic rings. The summed E-state index contributed by atoms with van der Waals surface area (Å²) in [6.45, 7) is 2.23. The summed E-state index contributed by atoms with van der Waals surface area (Å²) in [5.74, 6) is 1.40. The first-order valence-electron chi connectivity index (χ1n) is 2.31. The molecule has 38 valence electrons. The number of rotatable bonds is 2. The van der Waals surface area contributed by atoms with E-state index in [-0.39, 0.29) is 0 Å². The Bertz CT molecular complexity index is 25.1. The smallest absolute Gasteiger partial charge is 0.0609 e. The van der Waals surface area contributed by atoms with Gasteiger partial charge in [0, 0.05) is 0 Å².